The summed E-state index contributed by atoms with van der Waals surface area (Å²) >= 11 is 0. The van der Waals surface area contributed by atoms with Gasteiger partial charge in [0.05, 0.1) is 6.42 Å². The topological polar surface area (TPSA) is 57.6 Å². The summed E-state index contributed by atoms with van der Waals surface area (Å²) in [6.45, 7) is 0. The molecule has 92 valence electrons. The van der Waals surface area contributed by atoms with Crippen molar-refractivity contribution in [3.05, 3.63) is 0 Å². The van der Waals surface area contributed by atoms with Gasteiger partial charge in [-0.15, -0.1) is 0 Å². The van der Waals surface area contributed by atoms with Gasteiger partial charge in [-0.2, -0.15) is 13.2 Å². The Labute approximate surface area is 90.0 Å². The minimum absolute atomic E-state index is 0.0268. The zero-order valence-corrected chi connectivity index (χ0v) is 8.62. The first-order valence-corrected chi connectivity index (χ1v) is 4.77. The number of carboxylic acids is 1. The summed E-state index contributed by atoms with van der Waals surface area (Å²) in [6.07, 6.45) is -5.20. The van der Waals surface area contributed by atoms with Crippen molar-refractivity contribution in [2.45, 2.75) is 31.5 Å². The number of carbonyl (C=O) groups is 2. The Kier molecular flexibility index (Phi) is 3.44. The van der Waals surface area contributed by atoms with E-state index in [0.29, 0.717) is 4.90 Å². The summed E-state index contributed by atoms with van der Waals surface area (Å²) in [4.78, 5) is 22.2. The fourth-order valence-electron chi connectivity index (χ4n) is 2.04. The maximum absolute atomic E-state index is 12.7. The molecular formula is C9H12F3NO3. The smallest absolute Gasteiger partial charge is 0.409 e. The van der Waals surface area contributed by atoms with E-state index >= 15 is 0 Å². The van der Waals surface area contributed by atoms with Crippen LogP contribution in [0.2, 0.25) is 0 Å². The van der Waals surface area contributed by atoms with Crippen LogP contribution in [0.5, 0.6) is 0 Å². The van der Waals surface area contributed by atoms with Crippen LogP contribution >= 0.6 is 0 Å². The van der Waals surface area contributed by atoms with Crippen molar-refractivity contribution in [3.63, 3.8) is 0 Å². The number of amides is 1. The van der Waals surface area contributed by atoms with Crippen LogP contribution < -0.4 is 0 Å². The third-order valence-corrected chi connectivity index (χ3v) is 2.76. The Hall–Kier alpha value is -1.27. The Morgan fingerprint density at radius 3 is 2.56 bits per heavy atom. The van der Waals surface area contributed by atoms with Crippen LogP contribution in [0.15, 0.2) is 0 Å². The lowest BCUT2D eigenvalue weighted by molar-refractivity contribution is -0.206. The van der Waals surface area contributed by atoms with Crippen molar-refractivity contribution in [1.29, 1.82) is 0 Å². The fourth-order valence-corrected chi connectivity index (χ4v) is 2.04. The van der Waals surface area contributed by atoms with E-state index in [0.717, 1.165) is 7.05 Å². The van der Waals surface area contributed by atoms with Crippen LogP contribution in [0.25, 0.3) is 0 Å². The predicted octanol–water partition coefficient (Wildman–Crippen LogP) is 1.26. The molecule has 0 saturated carbocycles. The van der Waals surface area contributed by atoms with Crippen LogP contribution in [0.1, 0.15) is 19.3 Å². The van der Waals surface area contributed by atoms with Crippen molar-refractivity contribution >= 4 is 11.9 Å². The van der Waals surface area contributed by atoms with Crippen molar-refractivity contribution in [2.24, 2.45) is 5.92 Å². The van der Waals surface area contributed by atoms with Gasteiger partial charge in [0.2, 0.25) is 5.91 Å². The summed E-state index contributed by atoms with van der Waals surface area (Å²) in [5.74, 6) is -2.92. The number of hydrogen-bond acceptors (Lipinski definition) is 2. The molecule has 0 unspecified atom stereocenters. The first kappa shape index (κ1) is 12.8. The summed E-state index contributed by atoms with van der Waals surface area (Å²) in [6, 6.07) is -1.98. The highest BCUT2D eigenvalue weighted by Gasteiger charge is 2.51. The molecule has 0 aromatic heterocycles. The average Bonchev–Trinajstić information content (AvgIpc) is 2.08. The number of likely N-dealkylation sites (tertiary alicyclic amines) is 1. The van der Waals surface area contributed by atoms with Gasteiger partial charge in [-0.05, 0) is 12.3 Å². The second-order valence-electron chi connectivity index (χ2n) is 3.89. The average molecular weight is 239 g/mol. The Balaban J connectivity index is 2.90. The molecule has 0 radical (unpaired) electrons. The van der Waals surface area contributed by atoms with E-state index in [1.54, 1.807) is 0 Å². The van der Waals surface area contributed by atoms with Crippen LogP contribution in [0.4, 0.5) is 13.2 Å². The summed E-state index contributed by atoms with van der Waals surface area (Å²) in [5.41, 5.74) is 0. The number of nitrogens with zero attached hydrogens (tertiary/aromatic N) is 1. The van der Waals surface area contributed by atoms with Crippen molar-refractivity contribution in [3.8, 4) is 0 Å². The number of aliphatic carboxylic acids is 1. The van der Waals surface area contributed by atoms with E-state index in [1.165, 1.54) is 0 Å². The summed E-state index contributed by atoms with van der Waals surface area (Å²) in [7, 11) is 1.06. The molecule has 2 atom stereocenters. The molecule has 0 bridgehead atoms. The number of piperidine rings is 1. The van der Waals surface area contributed by atoms with E-state index in [1.807, 2.05) is 0 Å². The molecule has 0 aliphatic carbocycles. The number of alkyl halides is 3. The Morgan fingerprint density at radius 2 is 2.12 bits per heavy atom. The van der Waals surface area contributed by atoms with Gasteiger partial charge >= 0.3 is 12.1 Å². The van der Waals surface area contributed by atoms with E-state index in [9.17, 15) is 22.8 Å². The zero-order valence-electron chi connectivity index (χ0n) is 8.62. The molecule has 1 aliphatic rings. The quantitative estimate of drug-likeness (QED) is 0.789. The van der Waals surface area contributed by atoms with Crippen molar-refractivity contribution in [2.75, 3.05) is 7.05 Å². The van der Waals surface area contributed by atoms with Crippen LogP contribution in [-0.4, -0.2) is 41.1 Å². The van der Waals surface area contributed by atoms with E-state index in [4.69, 9.17) is 5.11 Å². The molecule has 0 spiro atoms. The summed E-state index contributed by atoms with van der Waals surface area (Å²) < 4.78 is 38.0. The molecule has 1 amide bonds. The minimum atomic E-state index is -4.58. The van der Waals surface area contributed by atoms with Gasteiger partial charge in [-0.25, -0.2) is 0 Å². The largest absolute Gasteiger partial charge is 0.481 e. The van der Waals surface area contributed by atoms with Crippen LogP contribution in [0, 0.1) is 5.92 Å². The highest BCUT2D eigenvalue weighted by atomic mass is 19.4. The lowest BCUT2D eigenvalue weighted by Gasteiger charge is -2.39. The normalized spacial score (nSPS) is 27.0. The molecule has 1 aliphatic heterocycles. The first-order chi connectivity index (χ1) is 7.23. The molecule has 1 rings (SSSR count). The number of carboxylic acid groups (broad SMARTS) is 1. The molecule has 0 aromatic rings. The predicted molar refractivity (Wildman–Crippen MR) is 47.6 cm³/mol. The van der Waals surface area contributed by atoms with Gasteiger partial charge in [0.15, 0.2) is 0 Å². The SMILES string of the molecule is CN1C(=O)CC[C@H](CC(=O)O)[C@H]1C(F)(F)F. The standard InChI is InChI=1S/C9H12F3NO3/c1-13-6(14)3-2-5(4-7(15)16)8(13)9(10,11)12/h5,8H,2-4H2,1H3,(H,15,16)/t5-,8+/m1/s1. The number of hydrogen-bond donors (Lipinski definition) is 1. The maximum Gasteiger partial charge on any atom is 0.409 e. The van der Waals surface area contributed by atoms with E-state index in [-0.39, 0.29) is 12.8 Å². The second kappa shape index (κ2) is 4.31. The number of halogens is 3. The monoisotopic (exact) mass is 239 g/mol. The van der Waals surface area contributed by atoms with Gasteiger partial charge in [0, 0.05) is 13.5 Å². The number of rotatable bonds is 2. The molecule has 16 heavy (non-hydrogen) atoms. The molecule has 1 heterocycles. The third kappa shape index (κ3) is 2.65. The minimum Gasteiger partial charge on any atom is -0.481 e. The lowest BCUT2D eigenvalue weighted by atomic mass is 9.86. The van der Waals surface area contributed by atoms with Crippen molar-refractivity contribution < 1.29 is 27.9 Å². The molecular weight excluding hydrogens is 227 g/mol. The van der Waals surface area contributed by atoms with Gasteiger partial charge < -0.3 is 10.0 Å². The number of carbonyl (C=O) groups excluding carboxylic acids is 1. The van der Waals surface area contributed by atoms with Gasteiger partial charge in [-0.3, -0.25) is 9.59 Å². The molecule has 1 fully saturated rings. The molecule has 1 N–H and O–H groups in total. The van der Waals surface area contributed by atoms with Gasteiger partial charge in [0.1, 0.15) is 6.04 Å². The Morgan fingerprint density at radius 1 is 1.56 bits per heavy atom. The maximum atomic E-state index is 12.7. The van der Waals surface area contributed by atoms with Crippen molar-refractivity contribution in [1.82, 2.24) is 4.90 Å². The van der Waals surface area contributed by atoms with E-state index in [2.05, 4.69) is 0 Å². The van der Waals surface area contributed by atoms with Crippen LogP contribution in [-0.2, 0) is 9.59 Å². The lowest BCUT2D eigenvalue weighted by Crippen LogP contribution is -2.54. The fraction of sp³-hybridized carbons (Fsp3) is 0.778. The summed E-state index contributed by atoms with van der Waals surface area (Å²) in [5, 5.41) is 8.53. The highest BCUT2D eigenvalue weighted by molar-refractivity contribution is 5.77. The van der Waals surface area contributed by atoms with Crippen LogP contribution in [0.3, 0.4) is 0 Å². The van der Waals surface area contributed by atoms with Gasteiger partial charge in [-0.1, -0.05) is 0 Å². The Bertz CT molecular complexity index is 303. The van der Waals surface area contributed by atoms with E-state index < -0.39 is 36.4 Å². The molecule has 0 aromatic carbocycles. The molecule has 7 heteroatoms. The third-order valence-electron chi connectivity index (χ3n) is 2.76. The zero-order chi connectivity index (χ0) is 12.5. The molecule has 1 saturated heterocycles. The first-order valence-electron chi connectivity index (χ1n) is 4.77. The van der Waals surface area contributed by atoms with Gasteiger partial charge in [0.25, 0.3) is 0 Å². The molecule has 4 nitrogen and oxygen atoms in total. The second-order valence-corrected chi connectivity index (χ2v) is 3.89. The highest BCUT2D eigenvalue weighted by Crippen LogP contribution is 2.36.